The number of phenols is 1. The fraction of sp³-hybridized carbons (Fsp3) is 0.400. The molecule has 0 fully saturated rings. The molecule has 0 heterocycles. The highest BCUT2D eigenvalue weighted by atomic mass is 16.3. The molecule has 12 heavy (non-hydrogen) atoms. The van der Waals surface area contributed by atoms with Crippen LogP contribution in [-0.2, 0) is 6.42 Å². The van der Waals surface area contributed by atoms with Crippen molar-refractivity contribution in [2.75, 3.05) is 7.05 Å². The van der Waals surface area contributed by atoms with Gasteiger partial charge in [0.25, 0.3) is 0 Å². The molecule has 0 unspecified atom stereocenters. The number of nitrogens with one attached hydrogen (secondary N) is 1. The molecule has 0 spiro atoms. The Morgan fingerprint density at radius 1 is 1.33 bits per heavy atom. The van der Waals surface area contributed by atoms with Gasteiger partial charge in [0, 0.05) is 6.04 Å². The van der Waals surface area contributed by atoms with E-state index in [4.69, 9.17) is 5.11 Å². The van der Waals surface area contributed by atoms with E-state index in [0.29, 0.717) is 11.8 Å². The molecule has 1 aromatic rings. The summed E-state index contributed by atoms with van der Waals surface area (Å²) >= 11 is 0. The lowest BCUT2D eigenvalue weighted by Gasteiger charge is -2.09. The lowest BCUT2D eigenvalue weighted by molar-refractivity contribution is 0.475. The third-order valence-corrected chi connectivity index (χ3v) is 1.97. The molecule has 66 valence electrons. The monoisotopic (exact) mass is 165 g/mol. The van der Waals surface area contributed by atoms with E-state index in [2.05, 4.69) is 12.2 Å². The van der Waals surface area contributed by atoms with E-state index in [0.717, 1.165) is 6.42 Å². The fourth-order valence-corrected chi connectivity index (χ4v) is 1.09. The molecule has 1 atom stereocenters. The molecule has 0 amide bonds. The van der Waals surface area contributed by atoms with Gasteiger partial charge in [-0.05, 0) is 38.1 Å². The van der Waals surface area contributed by atoms with Crippen LogP contribution in [0.1, 0.15) is 12.5 Å². The minimum absolute atomic E-state index is 0.330. The minimum atomic E-state index is 0.330. The zero-order valence-electron chi connectivity index (χ0n) is 7.54. The van der Waals surface area contributed by atoms with Crippen LogP contribution in [0.5, 0.6) is 5.75 Å². The van der Waals surface area contributed by atoms with Crippen molar-refractivity contribution in [2.24, 2.45) is 0 Å². The molecule has 2 heteroatoms. The molecule has 2 N–H and O–H groups in total. The summed E-state index contributed by atoms with van der Waals surface area (Å²) in [7, 11) is 1.95. The average molecular weight is 165 g/mol. The van der Waals surface area contributed by atoms with Crippen molar-refractivity contribution in [3.8, 4) is 5.75 Å². The second kappa shape index (κ2) is 4.12. The maximum atomic E-state index is 9.03. The SMILES string of the molecule is CN[C@@H](C)Cc1ccc(O)cc1. The smallest absolute Gasteiger partial charge is 0.115 e. The van der Waals surface area contributed by atoms with Crippen LogP contribution in [0.3, 0.4) is 0 Å². The topological polar surface area (TPSA) is 32.3 Å². The van der Waals surface area contributed by atoms with Gasteiger partial charge in [-0.25, -0.2) is 0 Å². The lowest BCUT2D eigenvalue weighted by Crippen LogP contribution is -2.23. The van der Waals surface area contributed by atoms with Crippen LogP contribution in [0, 0.1) is 0 Å². The molecule has 0 aliphatic carbocycles. The van der Waals surface area contributed by atoms with E-state index >= 15 is 0 Å². The molecular weight excluding hydrogens is 150 g/mol. The highest BCUT2D eigenvalue weighted by molar-refractivity contribution is 5.26. The van der Waals surface area contributed by atoms with Crippen molar-refractivity contribution >= 4 is 0 Å². The number of benzene rings is 1. The summed E-state index contributed by atoms with van der Waals surface area (Å²) < 4.78 is 0. The third kappa shape index (κ3) is 2.55. The van der Waals surface area contributed by atoms with E-state index in [1.807, 2.05) is 19.2 Å². The van der Waals surface area contributed by atoms with Gasteiger partial charge in [0.1, 0.15) is 5.75 Å². The first kappa shape index (κ1) is 9.07. The Labute approximate surface area is 73.2 Å². The second-order valence-electron chi connectivity index (χ2n) is 3.06. The number of aromatic hydroxyl groups is 1. The van der Waals surface area contributed by atoms with Crippen molar-refractivity contribution < 1.29 is 5.11 Å². The molecule has 1 aromatic carbocycles. The molecule has 0 aromatic heterocycles. The lowest BCUT2D eigenvalue weighted by atomic mass is 10.1. The number of hydrogen-bond acceptors (Lipinski definition) is 2. The largest absolute Gasteiger partial charge is 0.508 e. The fourth-order valence-electron chi connectivity index (χ4n) is 1.09. The quantitative estimate of drug-likeness (QED) is 0.712. The Morgan fingerprint density at radius 2 is 1.92 bits per heavy atom. The van der Waals surface area contributed by atoms with Crippen LogP contribution >= 0.6 is 0 Å². The number of hydrogen-bond donors (Lipinski definition) is 2. The van der Waals surface area contributed by atoms with E-state index in [-0.39, 0.29) is 0 Å². The third-order valence-electron chi connectivity index (χ3n) is 1.97. The van der Waals surface area contributed by atoms with Gasteiger partial charge in [-0.15, -0.1) is 0 Å². The van der Waals surface area contributed by atoms with Crippen LogP contribution in [0.15, 0.2) is 24.3 Å². The van der Waals surface area contributed by atoms with Crippen LogP contribution in [-0.4, -0.2) is 18.2 Å². The van der Waals surface area contributed by atoms with Gasteiger partial charge in [0.05, 0.1) is 0 Å². The van der Waals surface area contributed by atoms with Crippen molar-refractivity contribution in [3.05, 3.63) is 29.8 Å². The van der Waals surface area contributed by atoms with E-state index < -0.39 is 0 Å². The zero-order chi connectivity index (χ0) is 8.97. The Kier molecular flexibility index (Phi) is 3.11. The van der Waals surface area contributed by atoms with Crippen LogP contribution in [0.2, 0.25) is 0 Å². The van der Waals surface area contributed by atoms with Crippen LogP contribution in [0.25, 0.3) is 0 Å². The van der Waals surface area contributed by atoms with Gasteiger partial charge < -0.3 is 10.4 Å². The first-order valence-electron chi connectivity index (χ1n) is 4.17. The van der Waals surface area contributed by atoms with Crippen molar-refractivity contribution in [2.45, 2.75) is 19.4 Å². The normalized spacial score (nSPS) is 12.8. The molecule has 0 radical (unpaired) electrons. The maximum Gasteiger partial charge on any atom is 0.115 e. The predicted molar refractivity (Wildman–Crippen MR) is 50.3 cm³/mol. The number of likely N-dealkylation sites (N-methyl/N-ethyl adjacent to an activating group) is 1. The molecule has 1 rings (SSSR count). The van der Waals surface area contributed by atoms with E-state index in [9.17, 15) is 0 Å². The summed E-state index contributed by atoms with van der Waals surface area (Å²) in [6, 6.07) is 7.82. The predicted octanol–water partition coefficient (Wildman–Crippen LogP) is 1.54. The molecule has 2 nitrogen and oxygen atoms in total. The number of phenolic OH excluding ortho intramolecular Hbond substituents is 1. The van der Waals surface area contributed by atoms with Gasteiger partial charge in [0.15, 0.2) is 0 Å². The summed E-state index contributed by atoms with van der Waals surface area (Å²) in [4.78, 5) is 0. The molecule has 0 saturated heterocycles. The highest BCUT2D eigenvalue weighted by Crippen LogP contribution is 2.10. The summed E-state index contributed by atoms with van der Waals surface area (Å²) in [6.07, 6.45) is 0.997. The average Bonchev–Trinajstić information content (AvgIpc) is 2.09. The first-order valence-corrected chi connectivity index (χ1v) is 4.17. The van der Waals surface area contributed by atoms with Crippen molar-refractivity contribution in [3.63, 3.8) is 0 Å². The molecule has 0 bridgehead atoms. The van der Waals surface area contributed by atoms with Crippen LogP contribution < -0.4 is 5.32 Å². The summed E-state index contributed by atoms with van der Waals surface area (Å²) in [5.74, 6) is 0.330. The number of rotatable bonds is 3. The Hall–Kier alpha value is -1.02. The minimum Gasteiger partial charge on any atom is -0.508 e. The van der Waals surface area contributed by atoms with Gasteiger partial charge in [-0.3, -0.25) is 0 Å². The van der Waals surface area contributed by atoms with Gasteiger partial charge in [-0.1, -0.05) is 12.1 Å². The molecular formula is C10H15NO. The standard InChI is InChI=1S/C10H15NO/c1-8(11-2)7-9-3-5-10(12)6-4-9/h3-6,8,11-12H,7H2,1-2H3/t8-/m0/s1. The van der Waals surface area contributed by atoms with E-state index in [1.165, 1.54) is 5.56 Å². The molecule has 0 aliphatic heterocycles. The van der Waals surface area contributed by atoms with E-state index in [1.54, 1.807) is 12.1 Å². The Bertz CT molecular complexity index is 230. The summed E-state index contributed by atoms with van der Waals surface area (Å²) in [5, 5.41) is 12.2. The second-order valence-corrected chi connectivity index (χ2v) is 3.06. The Morgan fingerprint density at radius 3 is 2.42 bits per heavy atom. The summed E-state index contributed by atoms with van der Waals surface area (Å²) in [6.45, 7) is 2.13. The highest BCUT2D eigenvalue weighted by Gasteiger charge is 1.99. The van der Waals surface area contributed by atoms with Gasteiger partial charge in [-0.2, -0.15) is 0 Å². The first-order chi connectivity index (χ1) is 5.72. The van der Waals surface area contributed by atoms with Gasteiger partial charge in [0.2, 0.25) is 0 Å². The molecule has 0 saturated carbocycles. The molecule has 0 aliphatic rings. The van der Waals surface area contributed by atoms with Crippen LogP contribution in [0.4, 0.5) is 0 Å². The maximum absolute atomic E-state index is 9.03. The van der Waals surface area contributed by atoms with Crippen molar-refractivity contribution in [1.82, 2.24) is 5.32 Å². The van der Waals surface area contributed by atoms with Gasteiger partial charge >= 0.3 is 0 Å². The zero-order valence-corrected chi connectivity index (χ0v) is 7.54. The Balaban J connectivity index is 2.58. The van der Waals surface area contributed by atoms with Crippen molar-refractivity contribution in [1.29, 1.82) is 0 Å². The summed E-state index contributed by atoms with van der Waals surface area (Å²) in [5.41, 5.74) is 1.25.